The van der Waals surface area contributed by atoms with Gasteiger partial charge >= 0.3 is 5.97 Å². The van der Waals surface area contributed by atoms with Crippen molar-refractivity contribution in [3.63, 3.8) is 0 Å². The van der Waals surface area contributed by atoms with Crippen LogP contribution in [0.5, 0.6) is 0 Å². The van der Waals surface area contributed by atoms with Gasteiger partial charge in [-0.15, -0.1) is 0 Å². The summed E-state index contributed by atoms with van der Waals surface area (Å²) in [5.41, 5.74) is 0. The molecule has 0 heterocycles. The van der Waals surface area contributed by atoms with Gasteiger partial charge in [0, 0.05) is 0 Å². The van der Waals surface area contributed by atoms with Crippen LogP contribution in [0.2, 0.25) is 0 Å². The number of carboxylic acids is 1. The molecule has 4 heteroatoms. The molecule has 0 saturated heterocycles. The molecule has 1 N–H and O–H groups in total. The molecule has 0 radical (unpaired) electrons. The summed E-state index contributed by atoms with van der Waals surface area (Å²) in [4.78, 5) is 10.1. The van der Waals surface area contributed by atoms with Crippen LogP contribution in [0.3, 0.4) is 0 Å². The van der Waals surface area contributed by atoms with Gasteiger partial charge in [0.2, 0.25) is 0 Å². The summed E-state index contributed by atoms with van der Waals surface area (Å²) < 4.78 is 25.8. The van der Waals surface area contributed by atoms with Crippen LogP contribution in [-0.2, 0) is 4.79 Å². The molecule has 0 saturated carbocycles. The standard InChI is InChI=1S/C10H18F2O2/c1-2-3-4-8(11)5-6-9(12)7-10(13)14/h8-9H,2-7H2,1H3,(H,13,14). The lowest BCUT2D eigenvalue weighted by atomic mass is 10.1. The number of unbranched alkanes of at least 4 members (excludes halogenated alkanes) is 1. The summed E-state index contributed by atoms with van der Waals surface area (Å²) in [6, 6.07) is 0. The number of carbonyl (C=O) groups is 1. The third-order valence-electron chi connectivity index (χ3n) is 2.06. The first-order valence-corrected chi connectivity index (χ1v) is 5.06. The van der Waals surface area contributed by atoms with Crippen molar-refractivity contribution in [2.75, 3.05) is 0 Å². The van der Waals surface area contributed by atoms with Crippen LogP contribution in [0.25, 0.3) is 0 Å². The number of alkyl halides is 2. The fraction of sp³-hybridized carbons (Fsp3) is 0.900. The molecule has 2 atom stereocenters. The zero-order valence-electron chi connectivity index (χ0n) is 8.51. The lowest BCUT2D eigenvalue weighted by molar-refractivity contribution is -0.138. The minimum Gasteiger partial charge on any atom is -0.481 e. The molecule has 2 nitrogen and oxygen atoms in total. The largest absolute Gasteiger partial charge is 0.481 e. The number of hydrogen-bond donors (Lipinski definition) is 1. The molecular formula is C10H18F2O2. The summed E-state index contributed by atoms with van der Waals surface area (Å²) in [7, 11) is 0. The van der Waals surface area contributed by atoms with Gasteiger partial charge in [0.05, 0.1) is 6.42 Å². The fourth-order valence-corrected chi connectivity index (χ4v) is 1.22. The van der Waals surface area contributed by atoms with Gasteiger partial charge in [0.1, 0.15) is 12.3 Å². The molecule has 84 valence electrons. The Morgan fingerprint density at radius 2 is 1.79 bits per heavy atom. The Labute approximate surface area is 83.3 Å². The monoisotopic (exact) mass is 208 g/mol. The average molecular weight is 208 g/mol. The Morgan fingerprint density at radius 3 is 2.29 bits per heavy atom. The van der Waals surface area contributed by atoms with Crippen LogP contribution in [-0.4, -0.2) is 23.4 Å². The van der Waals surface area contributed by atoms with Gasteiger partial charge in [0.15, 0.2) is 0 Å². The highest BCUT2D eigenvalue weighted by Gasteiger charge is 2.14. The topological polar surface area (TPSA) is 37.3 Å². The van der Waals surface area contributed by atoms with Gasteiger partial charge < -0.3 is 5.11 Å². The molecule has 0 amide bonds. The second kappa shape index (κ2) is 7.71. The summed E-state index contributed by atoms with van der Waals surface area (Å²) in [6.45, 7) is 1.97. The molecule has 0 aliphatic carbocycles. The molecule has 2 unspecified atom stereocenters. The van der Waals surface area contributed by atoms with Crippen molar-refractivity contribution < 1.29 is 18.7 Å². The molecule has 0 aromatic carbocycles. The molecular weight excluding hydrogens is 190 g/mol. The van der Waals surface area contributed by atoms with Crippen molar-refractivity contribution in [3.8, 4) is 0 Å². The highest BCUT2D eigenvalue weighted by Crippen LogP contribution is 2.15. The van der Waals surface area contributed by atoms with Crippen molar-refractivity contribution in [1.82, 2.24) is 0 Å². The second-order valence-corrected chi connectivity index (χ2v) is 3.51. The van der Waals surface area contributed by atoms with E-state index in [1.54, 1.807) is 0 Å². The van der Waals surface area contributed by atoms with Crippen molar-refractivity contribution in [2.24, 2.45) is 0 Å². The predicted molar refractivity (Wildman–Crippen MR) is 50.8 cm³/mol. The van der Waals surface area contributed by atoms with E-state index in [1.807, 2.05) is 6.92 Å². The van der Waals surface area contributed by atoms with Crippen molar-refractivity contribution in [1.29, 1.82) is 0 Å². The van der Waals surface area contributed by atoms with Crippen molar-refractivity contribution in [2.45, 2.75) is 57.8 Å². The molecule has 0 rings (SSSR count). The van der Waals surface area contributed by atoms with Crippen molar-refractivity contribution in [3.05, 3.63) is 0 Å². The van der Waals surface area contributed by atoms with E-state index in [2.05, 4.69) is 0 Å². The summed E-state index contributed by atoms with van der Waals surface area (Å²) >= 11 is 0. The first kappa shape index (κ1) is 13.3. The molecule has 0 bridgehead atoms. The van der Waals surface area contributed by atoms with E-state index in [0.29, 0.717) is 6.42 Å². The predicted octanol–water partition coefficient (Wildman–Crippen LogP) is 3.11. The minimum absolute atomic E-state index is 0.0111. The Morgan fingerprint density at radius 1 is 1.21 bits per heavy atom. The normalized spacial score (nSPS) is 15.1. The van der Waals surface area contributed by atoms with Crippen molar-refractivity contribution >= 4 is 5.97 Å². The molecule has 0 aliphatic heterocycles. The summed E-state index contributed by atoms with van der Waals surface area (Å²) in [5, 5.41) is 8.26. The van der Waals surface area contributed by atoms with Crippen LogP contribution in [0.4, 0.5) is 8.78 Å². The number of rotatable bonds is 8. The Balaban J connectivity index is 3.45. The zero-order chi connectivity index (χ0) is 11.0. The van der Waals surface area contributed by atoms with Gasteiger partial charge in [-0.05, 0) is 19.3 Å². The van der Waals surface area contributed by atoms with Crippen LogP contribution < -0.4 is 0 Å². The SMILES string of the molecule is CCCCC(F)CCC(F)CC(=O)O. The van der Waals surface area contributed by atoms with Crippen LogP contribution in [0.1, 0.15) is 45.4 Å². The van der Waals surface area contributed by atoms with E-state index in [1.165, 1.54) is 0 Å². The second-order valence-electron chi connectivity index (χ2n) is 3.51. The van der Waals surface area contributed by atoms with E-state index >= 15 is 0 Å². The van der Waals surface area contributed by atoms with E-state index in [0.717, 1.165) is 12.8 Å². The molecule has 0 spiro atoms. The number of halogens is 2. The third kappa shape index (κ3) is 7.95. The summed E-state index contributed by atoms with van der Waals surface area (Å²) in [5.74, 6) is -1.17. The Bertz CT molecular complexity index is 162. The number of aliphatic carboxylic acids is 1. The molecule has 14 heavy (non-hydrogen) atoms. The lowest BCUT2D eigenvalue weighted by Gasteiger charge is -2.08. The molecule has 0 aromatic rings. The van der Waals surface area contributed by atoms with Gasteiger partial charge in [0.25, 0.3) is 0 Å². The fourth-order valence-electron chi connectivity index (χ4n) is 1.22. The quantitative estimate of drug-likeness (QED) is 0.665. The minimum atomic E-state index is -1.41. The molecule has 0 aromatic heterocycles. The van der Waals surface area contributed by atoms with Gasteiger partial charge in [-0.1, -0.05) is 19.8 Å². The van der Waals surface area contributed by atoms with Crippen LogP contribution in [0, 0.1) is 0 Å². The Hall–Kier alpha value is -0.670. The van der Waals surface area contributed by atoms with Gasteiger partial charge in [-0.2, -0.15) is 0 Å². The maximum absolute atomic E-state index is 13.0. The molecule has 0 aliphatic rings. The first-order valence-electron chi connectivity index (χ1n) is 5.06. The zero-order valence-corrected chi connectivity index (χ0v) is 8.51. The van der Waals surface area contributed by atoms with Gasteiger partial charge in [-0.25, -0.2) is 8.78 Å². The smallest absolute Gasteiger partial charge is 0.306 e. The maximum atomic E-state index is 13.0. The van der Waals surface area contributed by atoms with E-state index in [-0.39, 0.29) is 12.8 Å². The molecule has 0 fully saturated rings. The lowest BCUT2D eigenvalue weighted by Crippen LogP contribution is -2.11. The van der Waals surface area contributed by atoms with E-state index < -0.39 is 24.7 Å². The Kier molecular flexibility index (Phi) is 7.34. The summed E-state index contributed by atoms with van der Waals surface area (Å²) in [6.07, 6.45) is -0.581. The highest BCUT2D eigenvalue weighted by atomic mass is 19.1. The first-order chi connectivity index (χ1) is 6.56. The van der Waals surface area contributed by atoms with Crippen LogP contribution in [0.15, 0.2) is 0 Å². The van der Waals surface area contributed by atoms with E-state index in [9.17, 15) is 13.6 Å². The van der Waals surface area contributed by atoms with Gasteiger partial charge in [-0.3, -0.25) is 4.79 Å². The third-order valence-corrected chi connectivity index (χ3v) is 2.06. The number of carboxylic acid groups (broad SMARTS) is 1. The maximum Gasteiger partial charge on any atom is 0.306 e. The van der Waals surface area contributed by atoms with E-state index in [4.69, 9.17) is 5.11 Å². The van der Waals surface area contributed by atoms with Crippen LogP contribution >= 0.6 is 0 Å². The average Bonchev–Trinajstić information content (AvgIpc) is 2.10. The highest BCUT2D eigenvalue weighted by molar-refractivity contribution is 5.67. The number of hydrogen-bond acceptors (Lipinski definition) is 1.